The molecule has 0 bridgehead atoms. The number of hydrogen-bond donors (Lipinski definition) is 3. The third kappa shape index (κ3) is 4.52. The van der Waals surface area contributed by atoms with Gasteiger partial charge >= 0.3 is 6.18 Å². The van der Waals surface area contributed by atoms with Gasteiger partial charge in [0.15, 0.2) is 11.5 Å². The molecule has 3 aromatic heterocycles. The number of rotatable bonds is 5. The maximum atomic E-state index is 14.6. The predicted molar refractivity (Wildman–Crippen MR) is 139 cm³/mol. The lowest BCUT2D eigenvalue weighted by atomic mass is 9.77. The summed E-state index contributed by atoms with van der Waals surface area (Å²) in [4.78, 5) is 25.9. The molecule has 0 unspecified atom stereocenters. The van der Waals surface area contributed by atoms with Crippen LogP contribution in [0.3, 0.4) is 0 Å². The molecule has 210 valence electrons. The maximum absolute atomic E-state index is 14.6. The maximum Gasteiger partial charge on any atom is 0.408 e. The zero-order chi connectivity index (χ0) is 28.4. The summed E-state index contributed by atoms with van der Waals surface area (Å²) in [5, 5.41) is 17.1. The molecule has 0 amide bonds. The average Bonchev–Trinajstić information content (AvgIpc) is 3.12. The lowest BCUT2D eigenvalue weighted by Crippen LogP contribution is -2.42. The summed E-state index contributed by atoms with van der Waals surface area (Å²) in [5.41, 5.74) is -0.122. The van der Waals surface area contributed by atoms with E-state index in [9.17, 15) is 27.5 Å². The molecule has 13 heteroatoms. The van der Waals surface area contributed by atoms with Gasteiger partial charge in [0.1, 0.15) is 29.0 Å². The Labute approximate surface area is 225 Å². The van der Waals surface area contributed by atoms with Crippen molar-refractivity contribution < 1.29 is 22.7 Å². The van der Waals surface area contributed by atoms with Gasteiger partial charge in [0.05, 0.1) is 0 Å². The Balaban J connectivity index is 1.47. The molecule has 0 saturated heterocycles. The first-order valence-corrected chi connectivity index (χ1v) is 13.0. The highest BCUT2D eigenvalue weighted by atomic mass is 19.4. The fourth-order valence-corrected chi connectivity index (χ4v) is 5.48. The summed E-state index contributed by atoms with van der Waals surface area (Å²) in [5.74, 6) is -0.908. The van der Waals surface area contributed by atoms with Crippen LogP contribution >= 0.6 is 0 Å². The lowest BCUT2D eigenvalue weighted by molar-refractivity contribution is -0.144. The van der Waals surface area contributed by atoms with Crippen molar-refractivity contribution in [2.75, 3.05) is 11.9 Å². The van der Waals surface area contributed by atoms with Gasteiger partial charge in [-0.05, 0) is 81.5 Å². The van der Waals surface area contributed by atoms with E-state index in [4.69, 9.17) is 0 Å². The summed E-state index contributed by atoms with van der Waals surface area (Å²) >= 11 is 0. The monoisotopic (exact) mass is 557 g/mol. The zero-order valence-corrected chi connectivity index (χ0v) is 21.8. The van der Waals surface area contributed by atoms with Crippen molar-refractivity contribution in [3.05, 3.63) is 69.5 Å². The summed E-state index contributed by atoms with van der Waals surface area (Å²) in [7, 11) is 0. The molecule has 9 nitrogen and oxygen atoms in total. The van der Waals surface area contributed by atoms with Crippen LogP contribution in [0.4, 0.5) is 29.2 Å². The van der Waals surface area contributed by atoms with Crippen molar-refractivity contribution in [1.82, 2.24) is 29.6 Å². The fourth-order valence-electron chi connectivity index (χ4n) is 5.48. The summed E-state index contributed by atoms with van der Waals surface area (Å²) < 4.78 is 56.7. The Morgan fingerprint density at radius 2 is 1.93 bits per heavy atom. The van der Waals surface area contributed by atoms with Crippen LogP contribution in [0.1, 0.15) is 49.9 Å². The summed E-state index contributed by atoms with van der Waals surface area (Å²) in [6.45, 7) is 3.38. The van der Waals surface area contributed by atoms with Crippen LogP contribution in [-0.4, -0.2) is 42.1 Å². The quantitative estimate of drug-likeness (QED) is 0.316. The Hall–Kier alpha value is -3.84. The highest BCUT2D eigenvalue weighted by Gasteiger charge is 2.40. The Morgan fingerprint density at radius 1 is 1.15 bits per heavy atom. The first kappa shape index (κ1) is 26.4. The molecule has 0 spiro atoms. The molecule has 4 aromatic rings. The van der Waals surface area contributed by atoms with Crippen LogP contribution < -0.4 is 16.2 Å². The highest BCUT2D eigenvalue weighted by molar-refractivity contribution is 5.77. The Kier molecular flexibility index (Phi) is 6.00. The molecule has 0 atom stereocenters. The van der Waals surface area contributed by atoms with Gasteiger partial charge in [-0.3, -0.25) is 4.79 Å². The number of aliphatic hydroxyl groups is 1. The number of nitrogens with one attached hydrogen (secondary N) is 2. The topological polar surface area (TPSA) is 110 Å². The first-order chi connectivity index (χ1) is 18.8. The summed E-state index contributed by atoms with van der Waals surface area (Å²) in [6.07, 6.45) is -1.57. The second-order valence-electron chi connectivity index (χ2n) is 10.9. The standard InChI is InChI=1S/C27H27F4N7O2/c1-25(2)18-5-4-16(12-15(18)8-11-33-25)34-24-32-13-17-22(36-24)38(37(23(17)39)14-27(29,30)31)20-7-6-19(28)21(35-20)26(40)9-3-10-26/h4-7,12-13,33,40H,3,8-11,14H2,1-2H3,(H,32,34,36). The highest BCUT2D eigenvalue weighted by Crippen LogP contribution is 2.41. The average molecular weight is 558 g/mol. The number of fused-ring (bicyclic) bond motifs is 2. The Bertz CT molecular complexity index is 1690. The normalized spacial score (nSPS) is 17.9. The molecule has 1 aliphatic heterocycles. The third-order valence-corrected chi connectivity index (χ3v) is 7.67. The van der Waals surface area contributed by atoms with E-state index in [1.165, 1.54) is 0 Å². The van der Waals surface area contributed by atoms with Gasteiger partial charge in [-0.25, -0.2) is 23.7 Å². The second kappa shape index (κ2) is 9.10. The number of halogens is 4. The number of benzene rings is 1. The largest absolute Gasteiger partial charge is 0.408 e. The van der Waals surface area contributed by atoms with Crippen molar-refractivity contribution in [2.24, 2.45) is 0 Å². The molecule has 4 heterocycles. The minimum atomic E-state index is -4.74. The van der Waals surface area contributed by atoms with E-state index >= 15 is 0 Å². The zero-order valence-electron chi connectivity index (χ0n) is 21.8. The van der Waals surface area contributed by atoms with Crippen molar-refractivity contribution in [3.8, 4) is 5.82 Å². The van der Waals surface area contributed by atoms with Gasteiger partial charge in [-0.2, -0.15) is 18.2 Å². The molecule has 1 aliphatic carbocycles. The molecule has 6 rings (SSSR count). The van der Waals surface area contributed by atoms with E-state index in [1.54, 1.807) is 0 Å². The molecule has 40 heavy (non-hydrogen) atoms. The number of pyridine rings is 1. The van der Waals surface area contributed by atoms with Gasteiger partial charge in [0.2, 0.25) is 5.95 Å². The molecule has 1 saturated carbocycles. The third-order valence-electron chi connectivity index (χ3n) is 7.67. The molecule has 3 N–H and O–H groups in total. The smallest absolute Gasteiger partial charge is 0.383 e. The van der Waals surface area contributed by atoms with Gasteiger partial charge in [0, 0.05) is 17.4 Å². The number of nitrogens with zero attached hydrogens (tertiary/aromatic N) is 5. The lowest BCUT2D eigenvalue weighted by Gasteiger charge is -2.36. The molecular weight excluding hydrogens is 530 g/mol. The Morgan fingerprint density at radius 3 is 2.62 bits per heavy atom. The number of hydrogen-bond acceptors (Lipinski definition) is 7. The number of anilines is 2. The van der Waals surface area contributed by atoms with E-state index < -0.39 is 29.7 Å². The number of alkyl halides is 3. The number of aromatic nitrogens is 5. The van der Waals surface area contributed by atoms with Gasteiger partial charge in [-0.1, -0.05) is 6.07 Å². The summed E-state index contributed by atoms with van der Waals surface area (Å²) in [6, 6.07) is 8.00. The van der Waals surface area contributed by atoms with Crippen LogP contribution in [0.15, 0.2) is 41.3 Å². The second-order valence-corrected chi connectivity index (χ2v) is 10.9. The molecule has 1 fully saturated rings. The van der Waals surface area contributed by atoms with Gasteiger partial charge in [0.25, 0.3) is 5.56 Å². The van der Waals surface area contributed by atoms with Gasteiger partial charge < -0.3 is 15.7 Å². The van der Waals surface area contributed by atoms with Crippen molar-refractivity contribution in [2.45, 2.75) is 63.4 Å². The molecule has 2 aliphatic rings. The van der Waals surface area contributed by atoms with E-state index in [2.05, 4.69) is 39.4 Å². The molecule has 1 aromatic carbocycles. The SMILES string of the molecule is CC1(C)NCCc2cc(Nc3ncc4c(=O)n(CC(F)(F)F)n(-c5ccc(F)c(C6(O)CCC6)n5)c4n3)ccc21. The van der Waals surface area contributed by atoms with Crippen molar-refractivity contribution >= 4 is 22.7 Å². The fraction of sp³-hybridized carbons (Fsp3) is 0.407. The van der Waals surface area contributed by atoms with E-state index in [0.717, 1.165) is 47.1 Å². The first-order valence-electron chi connectivity index (χ1n) is 13.0. The predicted octanol–water partition coefficient (Wildman–Crippen LogP) is 4.17. The van der Waals surface area contributed by atoms with E-state index in [0.29, 0.717) is 16.8 Å². The minimum absolute atomic E-state index is 0.0542. The van der Waals surface area contributed by atoms with Crippen LogP contribution in [0.2, 0.25) is 0 Å². The van der Waals surface area contributed by atoms with Crippen molar-refractivity contribution in [3.63, 3.8) is 0 Å². The molecule has 0 radical (unpaired) electrons. The van der Waals surface area contributed by atoms with Crippen molar-refractivity contribution in [1.29, 1.82) is 0 Å². The van der Waals surface area contributed by atoms with E-state index in [-0.39, 0.29) is 46.9 Å². The van der Waals surface area contributed by atoms with Crippen LogP contribution in [0, 0.1) is 5.82 Å². The van der Waals surface area contributed by atoms with Crippen LogP contribution in [-0.2, 0) is 24.1 Å². The molecular formula is C27H27F4N7O2. The van der Waals surface area contributed by atoms with Crippen LogP contribution in [0.25, 0.3) is 16.9 Å². The van der Waals surface area contributed by atoms with Crippen LogP contribution in [0.5, 0.6) is 0 Å². The van der Waals surface area contributed by atoms with E-state index in [1.807, 2.05) is 18.2 Å². The minimum Gasteiger partial charge on any atom is -0.383 e. The van der Waals surface area contributed by atoms with Gasteiger partial charge in [-0.15, -0.1) is 0 Å².